The largest absolute Gasteiger partial charge is 0.369 e. The van der Waals surface area contributed by atoms with E-state index in [9.17, 15) is 4.79 Å². The number of urea groups is 1. The summed E-state index contributed by atoms with van der Waals surface area (Å²) in [5.41, 5.74) is 0. The molecule has 6 nitrogen and oxygen atoms in total. The van der Waals surface area contributed by atoms with E-state index in [1.165, 1.54) is 6.20 Å². The lowest BCUT2D eigenvalue weighted by Gasteiger charge is -2.17. The van der Waals surface area contributed by atoms with Gasteiger partial charge in [-0.25, -0.2) is 9.78 Å². The number of aromatic nitrogens is 2. The average Bonchev–Trinajstić information content (AvgIpc) is 3.03. The summed E-state index contributed by atoms with van der Waals surface area (Å²) in [6.07, 6.45) is 4.58. The number of halogens is 2. The van der Waals surface area contributed by atoms with Crippen molar-refractivity contribution in [3.05, 3.63) is 16.5 Å². The van der Waals surface area contributed by atoms with E-state index in [-0.39, 0.29) is 11.3 Å². The van der Waals surface area contributed by atoms with Crippen molar-refractivity contribution in [1.29, 1.82) is 0 Å². The van der Waals surface area contributed by atoms with Gasteiger partial charge >= 0.3 is 6.03 Å². The minimum Gasteiger partial charge on any atom is -0.369 e. The van der Waals surface area contributed by atoms with Crippen LogP contribution in [0.25, 0.3) is 0 Å². The lowest BCUT2D eigenvalue weighted by Crippen LogP contribution is -2.33. The number of fused-ring (bicyclic) bond motifs is 1. The van der Waals surface area contributed by atoms with Crippen molar-refractivity contribution in [3.63, 3.8) is 0 Å². The van der Waals surface area contributed by atoms with Gasteiger partial charge in [-0.2, -0.15) is 4.98 Å². The lowest BCUT2D eigenvalue weighted by molar-refractivity contribution is 0.193. The van der Waals surface area contributed by atoms with E-state index in [2.05, 4.69) is 15.3 Å². The third-order valence-electron chi connectivity index (χ3n) is 3.94. The lowest BCUT2D eigenvalue weighted by atomic mass is 10.2. The second-order valence-electron chi connectivity index (χ2n) is 5.33. The summed E-state index contributed by atoms with van der Waals surface area (Å²) >= 11 is 11.7. The highest BCUT2D eigenvalue weighted by atomic mass is 35.5. The topological polar surface area (TPSA) is 61.4 Å². The number of rotatable bonds is 5. The summed E-state index contributed by atoms with van der Waals surface area (Å²) in [6.45, 7) is 3.20. The van der Waals surface area contributed by atoms with E-state index < -0.39 is 0 Å². The van der Waals surface area contributed by atoms with Crippen LogP contribution < -0.4 is 5.32 Å². The van der Waals surface area contributed by atoms with Crippen LogP contribution in [0.5, 0.6) is 0 Å². The molecule has 1 atom stereocenters. The number of anilines is 1. The average molecular weight is 330 g/mol. The Bertz CT molecular complexity index is 541. The molecular formula is C13H17Cl2N5O. The maximum absolute atomic E-state index is 12.1. The van der Waals surface area contributed by atoms with Gasteiger partial charge in [-0.1, -0.05) is 11.6 Å². The molecule has 2 aliphatic heterocycles. The molecule has 0 bridgehead atoms. The zero-order valence-corrected chi connectivity index (χ0v) is 13.1. The van der Waals surface area contributed by atoms with Crippen molar-refractivity contribution in [1.82, 2.24) is 19.8 Å². The van der Waals surface area contributed by atoms with Gasteiger partial charge in [0.25, 0.3) is 0 Å². The van der Waals surface area contributed by atoms with Crippen LogP contribution >= 0.6 is 23.2 Å². The first-order valence-electron chi connectivity index (χ1n) is 7.12. The molecule has 1 aromatic rings. The Labute approximate surface area is 133 Å². The Morgan fingerprint density at radius 1 is 1.43 bits per heavy atom. The number of hydrogen-bond donors (Lipinski definition) is 1. The molecule has 0 unspecified atom stereocenters. The van der Waals surface area contributed by atoms with E-state index in [1.54, 1.807) is 0 Å². The number of nitrogens with zero attached hydrogens (tertiary/aromatic N) is 4. The van der Waals surface area contributed by atoms with Gasteiger partial charge in [0.2, 0.25) is 5.28 Å². The number of hydrogen-bond acceptors (Lipinski definition) is 4. The molecule has 2 aliphatic rings. The molecule has 1 N–H and O–H groups in total. The number of amides is 2. The first-order chi connectivity index (χ1) is 10.1. The van der Waals surface area contributed by atoms with Crippen LogP contribution in [0.3, 0.4) is 0 Å². The van der Waals surface area contributed by atoms with Crippen LogP contribution in [-0.2, 0) is 0 Å². The Morgan fingerprint density at radius 2 is 2.29 bits per heavy atom. The van der Waals surface area contributed by atoms with E-state index in [1.807, 2.05) is 9.80 Å². The first kappa shape index (κ1) is 14.7. The molecule has 0 aromatic carbocycles. The smallest absolute Gasteiger partial charge is 0.320 e. The molecule has 114 valence electrons. The van der Waals surface area contributed by atoms with Gasteiger partial charge < -0.3 is 15.1 Å². The molecule has 2 fully saturated rings. The molecule has 8 heteroatoms. The van der Waals surface area contributed by atoms with Gasteiger partial charge in [0.15, 0.2) is 0 Å². The third kappa shape index (κ3) is 3.16. The van der Waals surface area contributed by atoms with Gasteiger partial charge in [0, 0.05) is 26.2 Å². The minimum atomic E-state index is 0.164. The zero-order chi connectivity index (χ0) is 14.8. The summed E-state index contributed by atoms with van der Waals surface area (Å²) in [5, 5.41) is 3.73. The zero-order valence-electron chi connectivity index (χ0n) is 11.6. The fourth-order valence-electron chi connectivity index (χ4n) is 2.92. The highest BCUT2D eigenvalue weighted by Gasteiger charge is 2.39. The van der Waals surface area contributed by atoms with Gasteiger partial charge in [-0.3, -0.25) is 0 Å². The standard InChI is InChI=1S/C13H17Cl2N5O/c14-10-7-17-12(15)18-11(10)16-4-2-5-19-8-9-3-1-6-20(9)13(19)21/h7,9H,1-6,8H2,(H,16,17,18)/t9-/m0/s1. The second kappa shape index (κ2) is 6.23. The fourth-order valence-corrected chi connectivity index (χ4v) is 3.22. The van der Waals surface area contributed by atoms with Crippen molar-refractivity contribution in [2.24, 2.45) is 0 Å². The Balaban J connectivity index is 1.44. The van der Waals surface area contributed by atoms with Crippen LogP contribution in [0.1, 0.15) is 19.3 Å². The SMILES string of the molecule is O=C1N(CCCNc2nc(Cl)ncc2Cl)C[C@@H]2CCCN12. The highest BCUT2D eigenvalue weighted by molar-refractivity contribution is 6.33. The summed E-state index contributed by atoms with van der Waals surface area (Å²) in [5.74, 6) is 0.532. The van der Waals surface area contributed by atoms with Gasteiger partial charge in [0.1, 0.15) is 10.8 Å². The van der Waals surface area contributed by atoms with Crippen LogP contribution in [-0.4, -0.2) is 58.0 Å². The third-order valence-corrected chi connectivity index (χ3v) is 4.40. The van der Waals surface area contributed by atoms with Crippen molar-refractivity contribution in [2.45, 2.75) is 25.3 Å². The molecule has 3 heterocycles. The summed E-state index contributed by atoms with van der Waals surface area (Å²) in [6, 6.07) is 0.612. The quantitative estimate of drug-likeness (QED) is 0.666. The highest BCUT2D eigenvalue weighted by Crippen LogP contribution is 2.26. The van der Waals surface area contributed by atoms with E-state index in [0.29, 0.717) is 23.4 Å². The van der Waals surface area contributed by atoms with E-state index >= 15 is 0 Å². The summed E-state index contributed by atoms with van der Waals surface area (Å²) in [4.78, 5) is 23.9. The van der Waals surface area contributed by atoms with Crippen LogP contribution in [0.2, 0.25) is 10.3 Å². The maximum Gasteiger partial charge on any atom is 0.320 e. The molecular weight excluding hydrogens is 313 g/mol. The predicted molar refractivity (Wildman–Crippen MR) is 81.9 cm³/mol. The predicted octanol–water partition coefficient (Wildman–Crippen LogP) is 2.49. The molecule has 0 saturated carbocycles. The van der Waals surface area contributed by atoms with Crippen LogP contribution in [0, 0.1) is 0 Å². The summed E-state index contributed by atoms with van der Waals surface area (Å²) < 4.78 is 0. The van der Waals surface area contributed by atoms with Gasteiger partial charge in [0.05, 0.1) is 12.2 Å². The van der Waals surface area contributed by atoms with Gasteiger partial charge in [-0.05, 0) is 30.9 Å². The first-order valence-corrected chi connectivity index (χ1v) is 7.88. The number of carbonyl (C=O) groups excluding carboxylic acids is 1. The number of nitrogens with one attached hydrogen (secondary N) is 1. The Morgan fingerprint density at radius 3 is 3.10 bits per heavy atom. The molecule has 0 aliphatic carbocycles. The minimum absolute atomic E-state index is 0.164. The fraction of sp³-hybridized carbons (Fsp3) is 0.615. The van der Waals surface area contributed by atoms with Crippen molar-refractivity contribution in [2.75, 3.05) is 31.5 Å². The van der Waals surface area contributed by atoms with Crippen molar-refractivity contribution >= 4 is 35.1 Å². The van der Waals surface area contributed by atoms with Crippen LogP contribution in [0.15, 0.2) is 6.20 Å². The maximum atomic E-state index is 12.1. The molecule has 0 radical (unpaired) electrons. The summed E-state index contributed by atoms with van der Waals surface area (Å²) in [7, 11) is 0. The van der Waals surface area contributed by atoms with Gasteiger partial charge in [-0.15, -0.1) is 0 Å². The van der Waals surface area contributed by atoms with E-state index in [0.717, 1.165) is 38.9 Å². The van der Waals surface area contributed by atoms with Crippen LogP contribution in [0.4, 0.5) is 10.6 Å². The molecule has 2 amide bonds. The van der Waals surface area contributed by atoms with E-state index in [4.69, 9.17) is 23.2 Å². The van der Waals surface area contributed by atoms with Crippen molar-refractivity contribution < 1.29 is 4.79 Å². The Hall–Kier alpha value is -1.27. The molecule has 3 rings (SSSR count). The molecule has 0 spiro atoms. The molecule has 1 aromatic heterocycles. The Kier molecular flexibility index (Phi) is 4.35. The van der Waals surface area contributed by atoms with Crippen molar-refractivity contribution in [3.8, 4) is 0 Å². The molecule has 21 heavy (non-hydrogen) atoms. The number of carbonyl (C=O) groups is 1. The second-order valence-corrected chi connectivity index (χ2v) is 6.08. The monoisotopic (exact) mass is 329 g/mol. The normalized spacial score (nSPS) is 21.0. The molecule has 2 saturated heterocycles.